The highest BCUT2D eigenvalue weighted by Crippen LogP contribution is 2.21. The molecular weight excluding hydrogens is 386 g/mol. The van der Waals surface area contributed by atoms with E-state index in [4.69, 9.17) is 5.14 Å². The second kappa shape index (κ2) is 14.8. The van der Waals surface area contributed by atoms with Crippen LogP contribution in [0.15, 0.2) is 24.3 Å². The predicted molar refractivity (Wildman–Crippen MR) is 122 cm³/mol. The summed E-state index contributed by atoms with van der Waals surface area (Å²) in [5, 5.41) is 15.3. The van der Waals surface area contributed by atoms with Gasteiger partial charge in [0, 0.05) is 5.69 Å². The van der Waals surface area contributed by atoms with E-state index in [0.29, 0.717) is 12.1 Å². The van der Waals surface area contributed by atoms with Gasteiger partial charge in [-0.15, -0.1) is 0 Å². The summed E-state index contributed by atoms with van der Waals surface area (Å²) in [7, 11) is -3.77. The summed E-state index contributed by atoms with van der Waals surface area (Å²) in [4.78, 5) is 2.46. The number of aliphatic hydroxyl groups excluding tert-OH is 1. The van der Waals surface area contributed by atoms with Crippen molar-refractivity contribution in [1.82, 2.24) is 4.90 Å². The fourth-order valence-electron chi connectivity index (χ4n) is 3.51. The molecule has 0 radical (unpaired) electrons. The standard InChI is InChI=1S/C22H41N3O3S/c1-3-5-6-7-8-9-10-11-18-25(4-2)19-12-13-22(26)20-14-16-21(17-15-20)24-29(23,27)28/h14-17,22,24,26H,3-13,18-19H2,1-2H3,(H2,23,27,28). The van der Waals surface area contributed by atoms with Gasteiger partial charge in [0.1, 0.15) is 0 Å². The van der Waals surface area contributed by atoms with Crippen LogP contribution in [-0.2, 0) is 10.2 Å². The minimum absolute atomic E-state index is 0.394. The second-order valence-corrected chi connectivity index (χ2v) is 9.13. The average molecular weight is 428 g/mol. The van der Waals surface area contributed by atoms with Gasteiger partial charge in [0.25, 0.3) is 10.2 Å². The lowest BCUT2D eigenvalue weighted by Gasteiger charge is -2.21. The predicted octanol–water partition coefficient (Wildman–Crippen LogP) is 4.58. The van der Waals surface area contributed by atoms with Crippen LogP contribution in [-0.4, -0.2) is 38.1 Å². The van der Waals surface area contributed by atoms with Gasteiger partial charge >= 0.3 is 0 Å². The number of hydrogen-bond acceptors (Lipinski definition) is 4. The average Bonchev–Trinajstić information content (AvgIpc) is 2.67. The lowest BCUT2D eigenvalue weighted by atomic mass is 10.0. The molecule has 0 amide bonds. The van der Waals surface area contributed by atoms with Crippen molar-refractivity contribution in [3.8, 4) is 0 Å². The first-order valence-corrected chi connectivity index (χ1v) is 12.7. The molecule has 0 aliphatic carbocycles. The van der Waals surface area contributed by atoms with E-state index in [1.54, 1.807) is 24.3 Å². The Kier molecular flexibility index (Phi) is 13.2. The first-order chi connectivity index (χ1) is 13.9. The highest BCUT2D eigenvalue weighted by molar-refractivity contribution is 7.90. The van der Waals surface area contributed by atoms with Gasteiger partial charge in [0.15, 0.2) is 0 Å². The number of nitrogens with zero attached hydrogens (tertiary/aromatic N) is 1. The van der Waals surface area contributed by atoms with E-state index >= 15 is 0 Å². The Bertz CT molecular complexity index is 635. The minimum Gasteiger partial charge on any atom is -0.388 e. The Hall–Kier alpha value is -1.15. The summed E-state index contributed by atoms with van der Waals surface area (Å²) in [5.41, 5.74) is 1.18. The molecule has 7 heteroatoms. The maximum atomic E-state index is 11.0. The molecule has 4 N–H and O–H groups in total. The van der Waals surface area contributed by atoms with Gasteiger partial charge in [-0.05, 0) is 56.6 Å². The Labute approximate surface area is 178 Å². The molecule has 0 bridgehead atoms. The third kappa shape index (κ3) is 12.9. The third-order valence-corrected chi connectivity index (χ3v) is 5.80. The van der Waals surface area contributed by atoms with E-state index in [1.165, 1.54) is 51.4 Å². The zero-order valence-electron chi connectivity index (χ0n) is 18.3. The van der Waals surface area contributed by atoms with Gasteiger partial charge in [0.05, 0.1) is 6.10 Å². The summed E-state index contributed by atoms with van der Waals surface area (Å²) < 4.78 is 24.3. The van der Waals surface area contributed by atoms with Crippen LogP contribution in [0.25, 0.3) is 0 Å². The van der Waals surface area contributed by atoms with Crippen molar-refractivity contribution >= 4 is 15.9 Å². The van der Waals surface area contributed by atoms with Gasteiger partial charge in [-0.25, -0.2) is 5.14 Å². The summed E-state index contributed by atoms with van der Waals surface area (Å²) in [5.74, 6) is 0. The number of hydrogen-bond donors (Lipinski definition) is 3. The fourth-order valence-corrected chi connectivity index (χ4v) is 3.97. The van der Waals surface area contributed by atoms with Crippen LogP contribution in [0, 0.1) is 0 Å². The molecule has 0 aliphatic heterocycles. The number of nitrogens with one attached hydrogen (secondary N) is 1. The van der Waals surface area contributed by atoms with Crippen LogP contribution in [0.4, 0.5) is 5.69 Å². The molecule has 0 fully saturated rings. The van der Waals surface area contributed by atoms with Crippen LogP contribution >= 0.6 is 0 Å². The molecule has 1 unspecified atom stereocenters. The number of benzene rings is 1. The van der Waals surface area contributed by atoms with Gasteiger partial charge in [-0.1, -0.05) is 70.9 Å². The van der Waals surface area contributed by atoms with E-state index in [-0.39, 0.29) is 0 Å². The molecule has 1 aromatic carbocycles. The quantitative estimate of drug-likeness (QED) is 0.317. The van der Waals surface area contributed by atoms with Crippen LogP contribution < -0.4 is 9.86 Å². The van der Waals surface area contributed by atoms with E-state index in [2.05, 4.69) is 23.5 Å². The Morgan fingerprint density at radius 2 is 1.48 bits per heavy atom. The molecule has 6 nitrogen and oxygen atoms in total. The molecular formula is C22H41N3O3S. The first kappa shape index (κ1) is 25.9. The summed E-state index contributed by atoms with van der Waals surface area (Å²) in [6.45, 7) is 7.62. The Morgan fingerprint density at radius 3 is 2.03 bits per heavy atom. The molecule has 1 rings (SSSR count). The van der Waals surface area contributed by atoms with Gasteiger partial charge in [0.2, 0.25) is 0 Å². The molecule has 29 heavy (non-hydrogen) atoms. The SMILES string of the molecule is CCCCCCCCCCN(CC)CCCC(O)c1ccc(NS(N)(=O)=O)cc1. The third-order valence-electron chi connectivity index (χ3n) is 5.28. The van der Waals surface area contributed by atoms with E-state index < -0.39 is 16.3 Å². The number of nitrogens with two attached hydrogens (primary N) is 1. The highest BCUT2D eigenvalue weighted by Gasteiger charge is 2.10. The van der Waals surface area contributed by atoms with Crippen molar-refractivity contribution in [1.29, 1.82) is 0 Å². The molecule has 1 aromatic rings. The van der Waals surface area contributed by atoms with Crippen molar-refractivity contribution in [2.45, 2.75) is 84.2 Å². The lowest BCUT2D eigenvalue weighted by molar-refractivity contribution is 0.155. The summed E-state index contributed by atoms with van der Waals surface area (Å²) >= 11 is 0. The van der Waals surface area contributed by atoms with Crippen molar-refractivity contribution in [2.24, 2.45) is 5.14 Å². The van der Waals surface area contributed by atoms with E-state index in [1.807, 2.05) is 0 Å². The van der Waals surface area contributed by atoms with Crippen molar-refractivity contribution in [2.75, 3.05) is 24.4 Å². The van der Waals surface area contributed by atoms with Gasteiger partial charge < -0.3 is 10.0 Å². The van der Waals surface area contributed by atoms with Crippen molar-refractivity contribution in [3.05, 3.63) is 29.8 Å². The molecule has 0 saturated heterocycles. The molecule has 168 valence electrons. The maximum Gasteiger partial charge on any atom is 0.296 e. The zero-order chi connectivity index (χ0) is 21.5. The van der Waals surface area contributed by atoms with Crippen molar-refractivity contribution < 1.29 is 13.5 Å². The van der Waals surface area contributed by atoms with Gasteiger partial charge in [-0.2, -0.15) is 8.42 Å². The second-order valence-electron chi connectivity index (χ2n) is 7.84. The lowest BCUT2D eigenvalue weighted by Crippen LogP contribution is -2.26. The van der Waals surface area contributed by atoms with E-state index in [9.17, 15) is 13.5 Å². The molecule has 0 saturated carbocycles. The molecule has 0 spiro atoms. The summed E-state index contributed by atoms with van der Waals surface area (Å²) in [6, 6.07) is 6.69. The molecule has 0 heterocycles. The fraction of sp³-hybridized carbons (Fsp3) is 0.727. The van der Waals surface area contributed by atoms with Crippen LogP contribution in [0.2, 0.25) is 0 Å². The number of rotatable bonds is 17. The highest BCUT2D eigenvalue weighted by atomic mass is 32.2. The Balaban J connectivity index is 2.21. The zero-order valence-corrected chi connectivity index (χ0v) is 19.1. The van der Waals surface area contributed by atoms with Crippen LogP contribution in [0.3, 0.4) is 0 Å². The number of aliphatic hydroxyl groups is 1. The monoisotopic (exact) mass is 427 g/mol. The molecule has 0 aliphatic rings. The van der Waals surface area contributed by atoms with Crippen molar-refractivity contribution in [3.63, 3.8) is 0 Å². The normalized spacial score (nSPS) is 13.0. The van der Waals surface area contributed by atoms with Gasteiger partial charge in [-0.3, -0.25) is 4.72 Å². The van der Waals surface area contributed by atoms with Crippen LogP contribution in [0.5, 0.6) is 0 Å². The Morgan fingerprint density at radius 1 is 0.931 bits per heavy atom. The maximum absolute atomic E-state index is 11.0. The first-order valence-electron chi connectivity index (χ1n) is 11.2. The van der Waals surface area contributed by atoms with E-state index in [0.717, 1.165) is 31.6 Å². The number of anilines is 1. The summed E-state index contributed by atoms with van der Waals surface area (Å²) in [6.07, 6.45) is 11.8. The number of unbranched alkanes of at least 4 members (excludes halogenated alkanes) is 7. The smallest absolute Gasteiger partial charge is 0.296 e. The molecule has 1 atom stereocenters. The largest absolute Gasteiger partial charge is 0.388 e. The van der Waals surface area contributed by atoms with Crippen LogP contribution in [0.1, 0.15) is 89.7 Å². The topological polar surface area (TPSA) is 95.7 Å². The molecule has 0 aromatic heterocycles. The minimum atomic E-state index is -3.77.